The van der Waals surface area contributed by atoms with E-state index in [0.29, 0.717) is 6.54 Å². The van der Waals surface area contributed by atoms with Crippen LogP contribution in [0.5, 0.6) is 0 Å². The maximum absolute atomic E-state index is 12.3. The molecule has 6 nitrogen and oxygen atoms in total. The van der Waals surface area contributed by atoms with Gasteiger partial charge < -0.3 is 15.1 Å². The predicted octanol–water partition coefficient (Wildman–Crippen LogP) is 2.24. The molecular weight excluding hydrogens is 441 g/mol. The second-order valence-corrected chi connectivity index (χ2v) is 7.33. The average Bonchev–Trinajstić information content (AvgIpc) is 3.47. The van der Waals surface area contributed by atoms with Gasteiger partial charge in [-0.3, -0.25) is 14.7 Å². The van der Waals surface area contributed by atoms with Gasteiger partial charge in [-0.1, -0.05) is 0 Å². The van der Waals surface area contributed by atoms with Gasteiger partial charge in [-0.15, -0.1) is 24.0 Å². The molecule has 0 aromatic rings. The van der Waals surface area contributed by atoms with Crippen LogP contribution in [0.1, 0.15) is 46.5 Å². The van der Waals surface area contributed by atoms with Crippen LogP contribution in [0, 0.1) is 5.92 Å². The number of carbonyl (C=O) groups excluding carboxylic acids is 1. The molecule has 2 aliphatic carbocycles. The molecule has 152 valence electrons. The zero-order valence-corrected chi connectivity index (χ0v) is 19.4. The first-order valence-corrected chi connectivity index (χ1v) is 10.1. The van der Waals surface area contributed by atoms with Crippen molar-refractivity contribution in [2.24, 2.45) is 10.9 Å². The lowest BCUT2D eigenvalue weighted by atomic mass is 10.3. The number of likely N-dealkylation sites (N-methyl/N-ethyl adjacent to an activating group) is 2. The molecule has 2 rings (SSSR count). The van der Waals surface area contributed by atoms with Crippen molar-refractivity contribution in [3.8, 4) is 0 Å². The van der Waals surface area contributed by atoms with Gasteiger partial charge in [0, 0.05) is 45.8 Å². The van der Waals surface area contributed by atoms with E-state index in [4.69, 9.17) is 4.99 Å². The average molecular weight is 479 g/mol. The number of rotatable bonds is 11. The molecule has 0 aromatic carbocycles. The first-order valence-electron chi connectivity index (χ1n) is 10.1. The van der Waals surface area contributed by atoms with E-state index in [1.165, 1.54) is 32.2 Å². The molecule has 1 N–H and O–H groups in total. The molecule has 0 saturated heterocycles. The van der Waals surface area contributed by atoms with Crippen LogP contribution in [0.25, 0.3) is 0 Å². The maximum Gasteiger partial charge on any atom is 0.242 e. The Balaban J connectivity index is 0.00000338. The summed E-state index contributed by atoms with van der Waals surface area (Å²) in [6, 6.07) is 0.806. The van der Waals surface area contributed by atoms with E-state index in [1.54, 1.807) is 0 Å². The molecular formula is C19H38IN5O. The Kier molecular flexibility index (Phi) is 10.8. The Morgan fingerprint density at radius 1 is 1.12 bits per heavy atom. The minimum Gasteiger partial charge on any atom is -0.357 e. The van der Waals surface area contributed by atoms with Gasteiger partial charge in [0.15, 0.2) is 5.96 Å². The summed E-state index contributed by atoms with van der Waals surface area (Å²) in [5.41, 5.74) is 0. The molecule has 7 heteroatoms. The lowest BCUT2D eigenvalue weighted by molar-refractivity contribution is -0.131. The minimum absolute atomic E-state index is 0. The third kappa shape index (κ3) is 7.98. The normalized spacial score (nSPS) is 17.0. The first kappa shape index (κ1) is 23.5. The van der Waals surface area contributed by atoms with Crippen molar-refractivity contribution in [3.05, 3.63) is 0 Å². The summed E-state index contributed by atoms with van der Waals surface area (Å²) in [6.45, 7) is 11.9. The number of aliphatic imine (C=N–C) groups is 1. The van der Waals surface area contributed by atoms with Crippen LogP contribution >= 0.6 is 24.0 Å². The Morgan fingerprint density at radius 2 is 1.77 bits per heavy atom. The summed E-state index contributed by atoms with van der Waals surface area (Å²) in [5.74, 6) is 1.93. The van der Waals surface area contributed by atoms with E-state index in [0.717, 1.165) is 50.6 Å². The number of carbonyl (C=O) groups is 1. The van der Waals surface area contributed by atoms with Gasteiger partial charge in [-0.05, 0) is 52.4 Å². The summed E-state index contributed by atoms with van der Waals surface area (Å²) in [5, 5.41) is 3.32. The first-order chi connectivity index (χ1) is 12.1. The number of hydrogen-bond acceptors (Lipinski definition) is 3. The van der Waals surface area contributed by atoms with Crippen molar-refractivity contribution in [1.82, 2.24) is 20.0 Å². The summed E-state index contributed by atoms with van der Waals surface area (Å²) >= 11 is 0. The summed E-state index contributed by atoms with van der Waals surface area (Å²) in [7, 11) is 1.95. The highest BCUT2D eigenvalue weighted by atomic mass is 127. The van der Waals surface area contributed by atoms with Crippen LogP contribution in [-0.2, 0) is 4.79 Å². The second-order valence-electron chi connectivity index (χ2n) is 7.33. The highest BCUT2D eigenvalue weighted by Crippen LogP contribution is 2.34. The van der Waals surface area contributed by atoms with E-state index in [-0.39, 0.29) is 29.9 Å². The molecule has 0 aromatic heterocycles. The van der Waals surface area contributed by atoms with Gasteiger partial charge in [0.25, 0.3) is 0 Å². The molecule has 0 aliphatic heterocycles. The van der Waals surface area contributed by atoms with Crippen LogP contribution in [0.3, 0.4) is 0 Å². The number of nitrogens with one attached hydrogen (secondary N) is 1. The third-order valence-electron chi connectivity index (χ3n) is 5.09. The van der Waals surface area contributed by atoms with Crippen LogP contribution < -0.4 is 5.32 Å². The predicted molar refractivity (Wildman–Crippen MR) is 119 cm³/mol. The van der Waals surface area contributed by atoms with Gasteiger partial charge in [-0.2, -0.15) is 0 Å². The van der Waals surface area contributed by atoms with E-state index < -0.39 is 0 Å². The van der Waals surface area contributed by atoms with Gasteiger partial charge in [0.05, 0.1) is 13.1 Å². The van der Waals surface area contributed by atoms with Crippen molar-refractivity contribution in [2.45, 2.75) is 52.5 Å². The summed E-state index contributed by atoms with van der Waals surface area (Å²) < 4.78 is 0. The Morgan fingerprint density at radius 3 is 2.27 bits per heavy atom. The quantitative estimate of drug-likeness (QED) is 0.281. The summed E-state index contributed by atoms with van der Waals surface area (Å²) in [6.07, 6.45) is 5.53. The van der Waals surface area contributed by atoms with E-state index >= 15 is 0 Å². The molecule has 2 aliphatic rings. The molecule has 0 bridgehead atoms. The van der Waals surface area contributed by atoms with E-state index in [9.17, 15) is 4.79 Å². The fourth-order valence-corrected chi connectivity index (χ4v) is 3.20. The monoisotopic (exact) mass is 479 g/mol. The topological polar surface area (TPSA) is 51.2 Å². The summed E-state index contributed by atoms with van der Waals surface area (Å²) in [4.78, 5) is 23.5. The van der Waals surface area contributed by atoms with Gasteiger partial charge in [0.2, 0.25) is 5.91 Å². The maximum atomic E-state index is 12.3. The second kappa shape index (κ2) is 12.0. The lowest BCUT2D eigenvalue weighted by Gasteiger charge is -2.26. The molecule has 2 fully saturated rings. The van der Waals surface area contributed by atoms with Gasteiger partial charge >= 0.3 is 0 Å². The minimum atomic E-state index is 0. The number of hydrogen-bond donors (Lipinski definition) is 1. The van der Waals surface area contributed by atoms with Crippen molar-refractivity contribution in [2.75, 3.05) is 52.9 Å². The highest BCUT2D eigenvalue weighted by Gasteiger charge is 2.33. The fraction of sp³-hybridized carbons (Fsp3) is 0.895. The highest BCUT2D eigenvalue weighted by molar-refractivity contribution is 14.0. The van der Waals surface area contributed by atoms with Crippen molar-refractivity contribution in [3.63, 3.8) is 0 Å². The van der Waals surface area contributed by atoms with E-state index in [2.05, 4.69) is 17.1 Å². The fourth-order valence-electron chi connectivity index (χ4n) is 3.20. The molecule has 0 heterocycles. The van der Waals surface area contributed by atoms with Crippen molar-refractivity contribution in [1.29, 1.82) is 0 Å². The lowest BCUT2D eigenvalue weighted by Crippen LogP contribution is -2.46. The number of guanidine groups is 1. The zero-order chi connectivity index (χ0) is 18.2. The molecule has 2 saturated carbocycles. The molecule has 0 radical (unpaired) electrons. The van der Waals surface area contributed by atoms with Gasteiger partial charge in [-0.25, -0.2) is 0 Å². The van der Waals surface area contributed by atoms with Crippen LogP contribution in [-0.4, -0.2) is 85.5 Å². The molecule has 0 unspecified atom stereocenters. The largest absolute Gasteiger partial charge is 0.357 e. The molecule has 26 heavy (non-hydrogen) atoms. The standard InChI is InChI=1S/C19H37N5O.HI/c1-5-20-19(22(4)15-18(25)23(6-2)7-3)21-12-13-24(17-10-11-17)14-16-8-9-16;/h16-17H,5-15H2,1-4H3,(H,20,21);1H. The van der Waals surface area contributed by atoms with Crippen LogP contribution in [0.2, 0.25) is 0 Å². The number of nitrogens with zero attached hydrogens (tertiary/aromatic N) is 4. The molecule has 0 atom stereocenters. The van der Waals surface area contributed by atoms with E-state index in [1.807, 2.05) is 30.7 Å². The Hall–Kier alpha value is -0.570. The third-order valence-corrected chi connectivity index (χ3v) is 5.09. The van der Waals surface area contributed by atoms with Crippen LogP contribution in [0.15, 0.2) is 4.99 Å². The molecule has 1 amide bonds. The molecule has 0 spiro atoms. The SMILES string of the molecule is CCNC(=NCCN(CC1CC1)C1CC1)N(C)CC(=O)N(CC)CC.I. The number of halogens is 1. The number of amides is 1. The smallest absolute Gasteiger partial charge is 0.242 e. The zero-order valence-electron chi connectivity index (χ0n) is 17.0. The Bertz CT molecular complexity index is 447. The van der Waals surface area contributed by atoms with Gasteiger partial charge in [0.1, 0.15) is 0 Å². The van der Waals surface area contributed by atoms with Crippen molar-refractivity contribution < 1.29 is 4.79 Å². The van der Waals surface area contributed by atoms with Crippen LogP contribution in [0.4, 0.5) is 0 Å². The van der Waals surface area contributed by atoms with Crippen molar-refractivity contribution >= 4 is 35.8 Å². The Labute approximate surface area is 176 Å².